The molecule has 0 bridgehead atoms. The highest BCUT2D eigenvalue weighted by atomic mass is 32.2. The van der Waals surface area contributed by atoms with E-state index in [1.54, 1.807) is 16.5 Å². The van der Waals surface area contributed by atoms with Gasteiger partial charge >= 0.3 is 0 Å². The molecule has 0 saturated carbocycles. The fourth-order valence-electron chi connectivity index (χ4n) is 3.17. The fraction of sp³-hybridized carbons (Fsp3) is 0.316. The number of aromatic nitrogens is 3. The lowest BCUT2D eigenvalue weighted by Gasteiger charge is -2.12. The summed E-state index contributed by atoms with van der Waals surface area (Å²) in [5.41, 5.74) is 0.931. The highest BCUT2D eigenvalue weighted by Crippen LogP contribution is 2.15. The molecule has 3 aromatic rings. The van der Waals surface area contributed by atoms with Gasteiger partial charge in [-0.1, -0.05) is 12.1 Å². The molecule has 1 fully saturated rings. The Morgan fingerprint density at radius 3 is 2.93 bits per heavy atom. The van der Waals surface area contributed by atoms with Crippen LogP contribution in [-0.4, -0.2) is 48.2 Å². The van der Waals surface area contributed by atoms with Gasteiger partial charge in [0.2, 0.25) is 10.0 Å². The molecule has 1 saturated heterocycles. The fourth-order valence-corrected chi connectivity index (χ4v) is 4.28. The largest absolute Gasteiger partial charge is 0.377 e. The molecule has 3 heterocycles. The summed E-state index contributed by atoms with van der Waals surface area (Å²) in [6.45, 7) is 1.04. The number of hydrogen-bond acceptors (Lipinski definition) is 6. The Bertz CT molecular complexity index is 1120. The van der Waals surface area contributed by atoms with Crippen molar-refractivity contribution in [3.63, 3.8) is 0 Å². The first-order chi connectivity index (χ1) is 14.0. The summed E-state index contributed by atoms with van der Waals surface area (Å²) in [4.78, 5) is 12.6. The zero-order chi connectivity index (χ0) is 20.3. The van der Waals surface area contributed by atoms with Gasteiger partial charge in [-0.05, 0) is 43.2 Å². The van der Waals surface area contributed by atoms with Crippen molar-refractivity contribution in [2.45, 2.75) is 30.4 Å². The van der Waals surface area contributed by atoms with Gasteiger partial charge in [0, 0.05) is 24.9 Å². The highest BCUT2D eigenvalue weighted by molar-refractivity contribution is 7.89. The number of nitrogens with one attached hydrogen (secondary N) is 2. The van der Waals surface area contributed by atoms with E-state index in [0.29, 0.717) is 18.1 Å². The second-order valence-electron chi connectivity index (χ2n) is 6.74. The molecule has 0 aliphatic carbocycles. The molecular formula is C19H21N5O4S. The minimum Gasteiger partial charge on any atom is -0.377 e. The van der Waals surface area contributed by atoms with Crippen LogP contribution in [0.1, 0.15) is 29.0 Å². The van der Waals surface area contributed by atoms with Gasteiger partial charge in [-0.3, -0.25) is 9.20 Å². The van der Waals surface area contributed by atoms with Crippen LogP contribution in [0.25, 0.3) is 5.65 Å². The number of hydrogen-bond donors (Lipinski definition) is 2. The number of nitrogens with zero attached hydrogens (tertiary/aromatic N) is 3. The van der Waals surface area contributed by atoms with Gasteiger partial charge in [0.05, 0.1) is 17.5 Å². The Morgan fingerprint density at radius 2 is 2.10 bits per heavy atom. The maximum atomic E-state index is 12.5. The topological polar surface area (TPSA) is 115 Å². The highest BCUT2D eigenvalue weighted by Gasteiger charge is 2.21. The Morgan fingerprint density at radius 1 is 1.21 bits per heavy atom. The molecule has 0 unspecified atom stereocenters. The molecule has 9 nitrogen and oxygen atoms in total. The summed E-state index contributed by atoms with van der Waals surface area (Å²) in [6.07, 6.45) is 3.48. The van der Waals surface area contributed by atoms with Gasteiger partial charge in [0.1, 0.15) is 0 Å². The third-order valence-electron chi connectivity index (χ3n) is 4.72. The molecule has 1 aromatic carbocycles. The maximum absolute atomic E-state index is 12.5. The SMILES string of the molecule is O=C(NCc1nnc2ccccn12)c1cccc(S(=O)(=O)NC[C@@H]2CCCO2)c1. The number of amides is 1. The van der Waals surface area contributed by atoms with Crippen molar-refractivity contribution in [2.24, 2.45) is 0 Å². The number of sulfonamides is 1. The van der Waals surface area contributed by atoms with E-state index in [9.17, 15) is 13.2 Å². The molecule has 1 aliphatic rings. The van der Waals surface area contributed by atoms with Crippen LogP contribution in [0.3, 0.4) is 0 Å². The van der Waals surface area contributed by atoms with Gasteiger partial charge in [-0.25, -0.2) is 13.1 Å². The van der Waals surface area contributed by atoms with Crippen molar-refractivity contribution < 1.29 is 17.9 Å². The van der Waals surface area contributed by atoms with Crippen molar-refractivity contribution in [2.75, 3.05) is 13.2 Å². The van der Waals surface area contributed by atoms with Crippen molar-refractivity contribution in [1.82, 2.24) is 24.6 Å². The molecule has 29 heavy (non-hydrogen) atoms. The molecule has 152 valence electrons. The number of ether oxygens (including phenoxy) is 1. The molecule has 2 aromatic heterocycles. The number of carbonyl (C=O) groups excluding carboxylic acids is 1. The lowest BCUT2D eigenvalue weighted by atomic mass is 10.2. The molecule has 1 amide bonds. The first-order valence-corrected chi connectivity index (χ1v) is 10.8. The Hall–Kier alpha value is -2.82. The zero-order valence-electron chi connectivity index (χ0n) is 15.6. The molecule has 10 heteroatoms. The molecule has 2 N–H and O–H groups in total. The van der Waals surface area contributed by atoms with Crippen LogP contribution in [0.2, 0.25) is 0 Å². The van der Waals surface area contributed by atoms with Crippen LogP contribution < -0.4 is 10.0 Å². The van der Waals surface area contributed by atoms with E-state index in [2.05, 4.69) is 20.2 Å². The van der Waals surface area contributed by atoms with E-state index in [1.165, 1.54) is 12.1 Å². The lowest BCUT2D eigenvalue weighted by Crippen LogP contribution is -2.32. The summed E-state index contributed by atoms with van der Waals surface area (Å²) >= 11 is 0. The Balaban J connectivity index is 1.42. The summed E-state index contributed by atoms with van der Waals surface area (Å²) in [5, 5.41) is 10.8. The minimum atomic E-state index is -3.73. The van der Waals surface area contributed by atoms with Crippen LogP contribution >= 0.6 is 0 Å². The minimum absolute atomic E-state index is 0.0380. The number of carbonyl (C=O) groups is 1. The molecule has 1 aliphatic heterocycles. The summed E-state index contributed by atoms with van der Waals surface area (Å²) < 4.78 is 34.8. The average molecular weight is 415 g/mol. The third-order valence-corrected chi connectivity index (χ3v) is 6.14. The molecule has 0 radical (unpaired) electrons. The molecule has 4 rings (SSSR count). The van der Waals surface area contributed by atoms with E-state index in [1.807, 2.05) is 24.4 Å². The van der Waals surface area contributed by atoms with Crippen LogP contribution in [0.15, 0.2) is 53.6 Å². The van der Waals surface area contributed by atoms with Crippen molar-refractivity contribution in [1.29, 1.82) is 0 Å². The quantitative estimate of drug-likeness (QED) is 0.598. The number of pyridine rings is 1. The number of fused-ring (bicyclic) bond motifs is 1. The van der Waals surface area contributed by atoms with Crippen molar-refractivity contribution >= 4 is 21.6 Å². The Labute approximate surface area is 168 Å². The Kier molecular flexibility index (Phi) is 5.56. The maximum Gasteiger partial charge on any atom is 0.251 e. The van der Waals surface area contributed by atoms with Gasteiger partial charge in [0.25, 0.3) is 5.91 Å². The van der Waals surface area contributed by atoms with Gasteiger partial charge in [-0.2, -0.15) is 0 Å². The van der Waals surface area contributed by atoms with Crippen LogP contribution in [0.4, 0.5) is 0 Å². The van der Waals surface area contributed by atoms with Crippen LogP contribution in [-0.2, 0) is 21.3 Å². The van der Waals surface area contributed by atoms with Crippen LogP contribution in [0.5, 0.6) is 0 Å². The summed E-state index contributed by atoms with van der Waals surface area (Å²) in [5.74, 6) is 0.185. The second-order valence-corrected chi connectivity index (χ2v) is 8.51. The van der Waals surface area contributed by atoms with Crippen LogP contribution in [0, 0.1) is 0 Å². The monoisotopic (exact) mass is 415 g/mol. The summed E-state index contributed by atoms with van der Waals surface area (Å²) in [7, 11) is -3.73. The van der Waals surface area contributed by atoms with E-state index in [0.717, 1.165) is 12.8 Å². The standard InChI is InChI=1S/C19H21N5O4S/c25-19(20-13-18-23-22-17-8-1-2-9-24(17)18)14-5-3-7-16(11-14)29(26,27)21-12-15-6-4-10-28-15/h1-3,5,7-9,11,15,21H,4,6,10,12-13H2,(H,20,25)/t15-/m0/s1. The normalized spacial score (nSPS) is 16.9. The summed E-state index contributed by atoms with van der Waals surface area (Å²) in [6, 6.07) is 11.4. The number of rotatable bonds is 7. The first kappa shape index (κ1) is 19.5. The predicted octanol–water partition coefficient (Wildman–Crippen LogP) is 1.12. The van der Waals surface area contributed by atoms with Gasteiger partial charge in [-0.15, -0.1) is 10.2 Å². The second kappa shape index (κ2) is 8.27. The molecule has 1 atom stereocenters. The van der Waals surface area contributed by atoms with Gasteiger partial charge in [0.15, 0.2) is 11.5 Å². The van der Waals surface area contributed by atoms with E-state index in [-0.39, 0.29) is 29.7 Å². The predicted molar refractivity (Wildman–Crippen MR) is 105 cm³/mol. The van der Waals surface area contributed by atoms with Gasteiger partial charge < -0.3 is 10.1 Å². The van der Waals surface area contributed by atoms with Crippen molar-refractivity contribution in [3.05, 3.63) is 60.0 Å². The molecule has 0 spiro atoms. The molecular weight excluding hydrogens is 394 g/mol. The van der Waals surface area contributed by atoms with Crippen molar-refractivity contribution in [3.8, 4) is 0 Å². The van der Waals surface area contributed by atoms with E-state index >= 15 is 0 Å². The zero-order valence-corrected chi connectivity index (χ0v) is 16.4. The first-order valence-electron chi connectivity index (χ1n) is 9.31. The van der Waals surface area contributed by atoms with E-state index < -0.39 is 15.9 Å². The third kappa shape index (κ3) is 4.44. The average Bonchev–Trinajstić information content (AvgIpc) is 3.40. The lowest BCUT2D eigenvalue weighted by molar-refractivity contribution is 0.0949. The van der Waals surface area contributed by atoms with E-state index in [4.69, 9.17) is 4.74 Å². The smallest absolute Gasteiger partial charge is 0.251 e. The number of benzene rings is 1.